The van der Waals surface area contributed by atoms with Gasteiger partial charge in [-0.3, -0.25) is 0 Å². The smallest absolute Gasteiger partial charge is 0.0467 e. The first-order valence-electron chi connectivity index (χ1n) is 19.9. The van der Waals surface area contributed by atoms with Gasteiger partial charge in [-0.15, -0.1) is 0 Å². The summed E-state index contributed by atoms with van der Waals surface area (Å²) in [4.78, 5) is 2.21. The van der Waals surface area contributed by atoms with Gasteiger partial charge in [0.25, 0.3) is 0 Å². The van der Waals surface area contributed by atoms with Gasteiger partial charge in [0.15, 0.2) is 0 Å². The van der Waals surface area contributed by atoms with Crippen molar-refractivity contribution < 1.29 is 8.22 Å². The molecule has 0 unspecified atom stereocenters. The van der Waals surface area contributed by atoms with E-state index >= 15 is 0 Å². The summed E-state index contributed by atoms with van der Waals surface area (Å²) in [6.45, 7) is -5.71. The molecular formula is C49H37N. The van der Waals surface area contributed by atoms with Crippen LogP contribution in [0, 0.1) is 0 Å². The number of hydrogen-bond acceptors (Lipinski definition) is 1. The molecule has 0 bridgehead atoms. The van der Waals surface area contributed by atoms with Gasteiger partial charge in [-0.2, -0.15) is 0 Å². The molecule has 0 spiro atoms. The Bertz CT molecular complexity index is 2700. The first kappa shape index (κ1) is 24.0. The Morgan fingerprint density at radius 3 is 1.72 bits per heavy atom. The van der Waals surface area contributed by atoms with E-state index in [0.717, 1.165) is 44.9 Å². The van der Waals surface area contributed by atoms with Gasteiger partial charge in [-0.25, -0.2) is 0 Å². The fourth-order valence-corrected chi connectivity index (χ4v) is 7.47. The number of nitrogens with zero attached hydrogens (tertiary/aromatic N) is 1. The van der Waals surface area contributed by atoms with E-state index in [4.69, 9.17) is 8.22 Å². The normalized spacial score (nSPS) is 15.0. The highest BCUT2D eigenvalue weighted by Gasteiger charge is 2.37. The maximum absolute atomic E-state index is 8.79. The molecule has 9 rings (SSSR count). The maximum atomic E-state index is 8.79. The molecule has 1 aliphatic rings. The van der Waals surface area contributed by atoms with Crippen molar-refractivity contribution in [2.24, 2.45) is 0 Å². The summed E-state index contributed by atoms with van der Waals surface area (Å²) in [5.41, 5.74) is 8.33. The van der Waals surface area contributed by atoms with Gasteiger partial charge in [0, 0.05) is 30.7 Å². The van der Waals surface area contributed by atoms with Gasteiger partial charge < -0.3 is 4.90 Å². The summed E-state index contributed by atoms with van der Waals surface area (Å²) in [6, 6.07) is 62.8. The topological polar surface area (TPSA) is 3.24 Å². The Morgan fingerprint density at radius 2 is 0.940 bits per heavy atom. The van der Waals surface area contributed by atoms with E-state index in [9.17, 15) is 0 Å². The van der Waals surface area contributed by atoms with Crippen molar-refractivity contribution >= 4 is 27.8 Å². The van der Waals surface area contributed by atoms with Crippen LogP contribution in [0.2, 0.25) is 0 Å². The highest BCUT2D eigenvalue weighted by molar-refractivity contribution is 5.90. The van der Waals surface area contributed by atoms with Crippen molar-refractivity contribution in [2.45, 2.75) is 19.1 Å². The highest BCUT2D eigenvalue weighted by atomic mass is 15.1. The number of benzene rings is 8. The number of rotatable bonds is 6. The number of fused-ring (bicyclic) bond motifs is 4. The van der Waals surface area contributed by atoms with Crippen LogP contribution in [0.1, 0.15) is 33.1 Å². The van der Waals surface area contributed by atoms with Gasteiger partial charge in [-0.1, -0.05) is 159 Å². The lowest BCUT2D eigenvalue weighted by Gasteiger charge is -2.27. The van der Waals surface area contributed by atoms with Crippen molar-refractivity contribution in [1.29, 1.82) is 0 Å². The third-order valence-electron chi connectivity index (χ3n) is 9.92. The molecule has 0 aromatic heterocycles. The Morgan fingerprint density at radius 1 is 0.380 bits per heavy atom. The minimum atomic E-state index is -2.85. The molecule has 8 aromatic carbocycles. The van der Waals surface area contributed by atoms with Gasteiger partial charge in [0.05, 0.1) is 0 Å². The van der Waals surface area contributed by atoms with E-state index in [-0.39, 0.29) is 0 Å². The number of hydrogen-bond donors (Lipinski definition) is 0. The van der Waals surface area contributed by atoms with Gasteiger partial charge >= 0.3 is 0 Å². The van der Waals surface area contributed by atoms with Crippen molar-refractivity contribution in [3.63, 3.8) is 0 Å². The average Bonchev–Trinajstić information content (AvgIpc) is 3.54. The molecule has 0 heterocycles. The van der Waals surface area contributed by atoms with Crippen molar-refractivity contribution in [3.8, 4) is 44.5 Å². The summed E-state index contributed by atoms with van der Waals surface area (Å²) in [6.07, 6.45) is 0. The molecule has 50 heavy (non-hydrogen) atoms. The summed E-state index contributed by atoms with van der Waals surface area (Å²) in [7, 11) is 0. The monoisotopic (exact) mass is 645 g/mol. The Balaban J connectivity index is 1.18. The summed E-state index contributed by atoms with van der Waals surface area (Å²) >= 11 is 0. The van der Waals surface area contributed by atoms with E-state index in [1.165, 1.54) is 10.8 Å². The van der Waals surface area contributed by atoms with Crippen LogP contribution < -0.4 is 4.90 Å². The first-order chi connectivity index (χ1) is 27.0. The second-order valence-electron chi connectivity index (χ2n) is 12.9. The molecule has 0 saturated carbocycles. The van der Waals surface area contributed by atoms with E-state index in [1.807, 2.05) is 72.8 Å². The molecule has 0 atom stereocenters. The molecule has 1 heteroatoms. The van der Waals surface area contributed by atoms with Crippen LogP contribution >= 0.6 is 0 Å². The molecular weight excluding hydrogens is 603 g/mol. The molecule has 0 saturated heterocycles. The Kier molecular flexibility index (Phi) is 5.79. The van der Waals surface area contributed by atoms with Crippen LogP contribution in [0.4, 0.5) is 17.1 Å². The van der Waals surface area contributed by atoms with Crippen LogP contribution in [0.5, 0.6) is 0 Å². The minimum Gasteiger partial charge on any atom is -0.310 e. The van der Waals surface area contributed by atoms with Crippen LogP contribution in [0.25, 0.3) is 55.3 Å². The molecule has 0 fully saturated rings. The van der Waals surface area contributed by atoms with Crippen molar-refractivity contribution in [1.82, 2.24) is 0 Å². The standard InChI is InChI=1S/C49H37N/c1-49(2)47-21-9-8-18-45(47)46-20-11-19-44(48(46)49)37-26-30-42(31-27-37)50(41-28-24-36(25-29-41)34-12-4-3-5-13-34)43-17-10-16-39(33-43)40-23-22-35-14-6-7-15-38(35)32-40/h3-33H,1-2H3/i1D3,2D3. The fourth-order valence-electron chi connectivity index (χ4n) is 7.47. The Hall–Kier alpha value is -6.18. The SMILES string of the molecule is [2H]C([2H])([2H])C1(C([2H])([2H])[2H])c2ccccc2-c2cccc(-c3ccc(N(c4ccc(-c5ccccc5)cc4)c4cccc(-c5ccc6ccccc6c5)c4)cc3)c21. The maximum Gasteiger partial charge on any atom is 0.0467 e. The largest absolute Gasteiger partial charge is 0.310 e. The lowest BCUT2D eigenvalue weighted by atomic mass is 9.79. The van der Waals surface area contributed by atoms with Crippen LogP contribution in [0.15, 0.2) is 188 Å². The Labute approximate surface area is 303 Å². The average molecular weight is 646 g/mol. The lowest BCUT2D eigenvalue weighted by molar-refractivity contribution is 0.662. The quantitative estimate of drug-likeness (QED) is 0.174. The van der Waals surface area contributed by atoms with Gasteiger partial charge in [0.2, 0.25) is 0 Å². The summed E-state index contributed by atoms with van der Waals surface area (Å²) < 4.78 is 52.7. The van der Waals surface area contributed by atoms with Gasteiger partial charge in [0.1, 0.15) is 0 Å². The van der Waals surface area contributed by atoms with Crippen LogP contribution in [0.3, 0.4) is 0 Å². The van der Waals surface area contributed by atoms with Gasteiger partial charge in [-0.05, 0) is 109 Å². The van der Waals surface area contributed by atoms with E-state index < -0.39 is 19.1 Å². The molecule has 0 radical (unpaired) electrons. The van der Waals surface area contributed by atoms with Crippen molar-refractivity contribution in [3.05, 3.63) is 199 Å². The predicted molar refractivity (Wildman–Crippen MR) is 213 cm³/mol. The zero-order chi connectivity index (χ0) is 38.7. The minimum absolute atomic E-state index is 0.315. The second kappa shape index (κ2) is 12.1. The molecule has 0 aliphatic heterocycles. The second-order valence-corrected chi connectivity index (χ2v) is 12.9. The molecule has 1 aliphatic carbocycles. The molecule has 0 N–H and O–H groups in total. The fraction of sp³-hybridized carbons (Fsp3) is 0.0612. The summed E-state index contributed by atoms with van der Waals surface area (Å²) in [5, 5.41) is 2.37. The third-order valence-corrected chi connectivity index (χ3v) is 9.92. The lowest BCUT2D eigenvalue weighted by Crippen LogP contribution is -2.16. The molecule has 1 nitrogen and oxygen atoms in total. The molecule has 8 aromatic rings. The van der Waals surface area contributed by atoms with Crippen molar-refractivity contribution in [2.75, 3.05) is 4.90 Å². The van der Waals surface area contributed by atoms with E-state index in [1.54, 1.807) is 12.1 Å². The highest BCUT2D eigenvalue weighted by Crippen LogP contribution is 2.52. The predicted octanol–water partition coefficient (Wildman–Crippen LogP) is 13.6. The first-order valence-corrected chi connectivity index (χ1v) is 16.9. The zero-order valence-electron chi connectivity index (χ0n) is 33.3. The van der Waals surface area contributed by atoms with Crippen LogP contribution in [-0.2, 0) is 5.41 Å². The van der Waals surface area contributed by atoms with Crippen LogP contribution in [-0.4, -0.2) is 0 Å². The van der Waals surface area contributed by atoms with E-state index in [2.05, 4.69) is 108 Å². The molecule has 238 valence electrons. The summed E-state index contributed by atoms with van der Waals surface area (Å²) in [5.74, 6) is 0. The molecule has 0 amide bonds. The zero-order valence-corrected chi connectivity index (χ0v) is 27.3. The third kappa shape index (κ3) is 5.11. The van der Waals surface area contributed by atoms with E-state index in [0.29, 0.717) is 27.8 Å². The number of anilines is 3.